The van der Waals surface area contributed by atoms with E-state index < -0.39 is 199 Å². The van der Waals surface area contributed by atoms with Gasteiger partial charge in [0.2, 0.25) is 0 Å². The number of benzene rings is 3. The van der Waals surface area contributed by atoms with Crippen molar-refractivity contribution in [3.63, 3.8) is 0 Å². The number of carboxylic acids is 1. The number of hydrogen-bond donors (Lipinski definition) is 19. The summed E-state index contributed by atoms with van der Waals surface area (Å²) in [6, 6.07) is -0.329. The Labute approximate surface area is 397 Å². The molecule has 29 heteroatoms. The average molecular weight is 1010 g/mol. The van der Waals surface area contributed by atoms with Gasteiger partial charge in [0.1, 0.15) is 74.3 Å². The smallest absolute Gasteiger partial charge is 0.332 e. The van der Waals surface area contributed by atoms with Crippen molar-refractivity contribution < 1.29 is 129 Å². The third-order valence-corrected chi connectivity index (χ3v) is 11.2. The zero-order valence-electron chi connectivity index (χ0n) is 36.3. The topological polar surface area (TPSA) is 499 Å². The molecule has 388 valence electrons. The van der Waals surface area contributed by atoms with Crippen LogP contribution in [-0.4, -0.2) is 217 Å². The number of rotatable bonds is 18. The highest BCUT2D eigenvalue weighted by molar-refractivity contribution is 6.02. The fraction of sp³-hybridized carbons (Fsp3) is 0.429. The van der Waals surface area contributed by atoms with Gasteiger partial charge in [0.05, 0.1) is 36.5 Å². The van der Waals surface area contributed by atoms with Gasteiger partial charge in [-0.15, -0.1) is 0 Å². The molecule has 2 aliphatic heterocycles. The molecule has 3 aromatic rings. The van der Waals surface area contributed by atoms with E-state index >= 15 is 0 Å². The number of carbonyl (C=O) groups is 6. The maximum absolute atomic E-state index is 13.8. The zero-order valence-corrected chi connectivity index (χ0v) is 36.3. The minimum absolute atomic E-state index is 0.317. The Morgan fingerprint density at radius 1 is 0.507 bits per heavy atom. The van der Waals surface area contributed by atoms with Gasteiger partial charge in [0, 0.05) is 0 Å². The van der Waals surface area contributed by atoms with E-state index in [1.165, 1.54) is 0 Å². The van der Waals surface area contributed by atoms with Gasteiger partial charge < -0.3 is 117 Å². The Morgan fingerprint density at radius 3 is 1.34 bits per heavy atom. The van der Waals surface area contributed by atoms with Gasteiger partial charge in [0.15, 0.2) is 52.6 Å². The molecular formula is C42H49N3O26. The van der Waals surface area contributed by atoms with Crippen LogP contribution in [0.5, 0.6) is 34.5 Å². The van der Waals surface area contributed by atoms with Crippen LogP contribution in [0.15, 0.2) is 42.5 Å². The van der Waals surface area contributed by atoms with Crippen molar-refractivity contribution in [1.29, 1.82) is 0 Å². The zero-order chi connectivity index (χ0) is 52.8. The van der Waals surface area contributed by atoms with Crippen LogP contribution < -0.4 is 16.0 Å². The number of ether oxygens (including phenoxy) is 4. The number of carbonyl (C=O) groups excluding carboxylic acids is 5. The number of aliphatic hydroxyl groups excluding tert-OH is 9. The van der Waals surface area contributed by atoms with E-state index in [2.05, 4.69) is 0 Å². The van der Waals surface area contributed by atoms with Crippen LogP contribution in [0.4, 0.5) is 0 Å². The molecule has 19 N–H and O–H groups in total. The summed E-state index contributed by atoms with van der Waals surface area (Å²) in [4.78, 5) is 79.0. The van der Waals surface area contributed by atoms with E-state index in [9.17, 15) is 110 Å². The average Bonchev–Trinajstić information content (AvgIpc) is 3.33. The largest absolute Gasteiger partial charge is 0.504 e. The highest BCUT2D eigenvalue weighted by Gasteiger charge is 2.46. The lowest BCUT2D eigenvalue weighted by atomic mass is 9.90. The van der Waals surface area contributed by atoms with E-state index in [0.29, 0.717) is 0 Å². The number of nitrogens with one attached hydrogen (secondary N) is 3. The maximum atomic E-state index is 13.8. The number of carboxylic acid groups (broad SMARTS) is 1. The van der Waals surface area contributed by atoms with Gasteiger partial charge in [0.25, 0.3) is 17.7 Å². The van der Waals surface area contributed by atoms with Crippen LogP contribution in [-0.2, 0) is 33.3 Å². The molecule has 3 amide bonds. The number of aromatic hydroxyl groups is 6. The predicted octanol–water partition coefficient (Wildman–Crippen LogP) is -6.19. The number of phenolic OH excluding ortho intramolecular Hbond substituents is 6. The van der Waals surface area contributed by atoms with Crippen molar-refractivity contribution in [2.45, 2.75) is 79.2 Å². The van der Waals surface area contributed by atoms with Crippen molar-refractivity contribution >= 4 is 35.6 Å². The molecule has 0 bridgehead atoms. The summed E-state index contributed by atoms with van der Waals surface area (Å²) in [6.45, 7) is -5.68. The molecule has 29 nitrogen and oxygen atoms in total. The first-order chi connectivity index (χ1) is 33.4. The first-order valence-corrected chi connectivity index (χ1v) is 20.8. The fourth-order valence-electron chi connectivity index (χ4n) is 7.19. The molecule has 2 saturated heterocycles. The molecule has 71 heavy (non-hydrogen) atoms. The molecule has 0 spiro atoms. The number of aliphatic carboxylic acids is 1. The van der Waals surface area contributed by atoms with Gasteiger partial charge in [-0.1, -0.05) is 6.07 Å². The summed E-state index contributed by atoms with van der Waals surface area (Å²) < 4.78 is 20.9. The van der Waals surface area contributed by atoms with Crippen LogP contribution >= 0.6 is 0 Å². The Bertz CT molecular complexity index is 2470. The van der Waals surface area contributed by atoms with Crippen molar-refractivity contribution in [3.05, 3.63) is 70.3 Å². The number of para-hydroxylation sites is 1. The van der Waals surface area contributed by atoms with E-state index in [1.54, 1.807) is 0 Å². The number of esters is 2. The van der Waals surface area contributed by atoms with Crippen LogP contribution in [0.1, 0.15) is 54.4 Å². The molecule has 2 heterocycles. The monoisotopic (exact) mass is 1010 g/mol. The number of phenols is 6. The van der Waals surface area contributed by atoms with Crippen molar-refractivity contribution in [3.8, 4) is 34.5 Å². The molecule has 5 rings (SSSR count). The predicted molar refractivity (Wildman–Crippen MR) is 225 cm³/mol. The second-order valence-electron chi connectivity index (χ2n) is 15.9. The molecule has 0 radical (unpaired) electrons. The van der Waals surface area contributed by atoms with Gasteiger partial charge in [-0.25, -0.2) is 14.4 Å². The minimum atomic E-state index is -2.30. The number of aliphatic hydroxyl groups is 9. The molecule has 0 saturated carbocycles. The molecule has 0 aromatic heterocycles. The molecule has 0 aliphatic carbocycles. The lowest BCUT2D eigenvalue weighted by molar-refractivity contribution is -0.231. The summed E-state index contributed by atoms with van der Waals surface area (Å²) in [6.07, 6.45) is -17.7. The van der Waals surface area contributed by atoms with Crippen LogP contribution in [0, 0.1) is 0 Å². The highest BCUT2D eigenvalue weighted by atomic mass is 16.6. The van der Waals surface area contributed by atoms with Crippen LogP contribution in [0.2, 0.25) is 0 Å². The lowest BCUT2D eigenvalue weighted by Gasteiger charge is -2.40. The van der Waals surface area contributed by atoms with Gasteiger partial charge in [-0.3, -0.25) is 14.4 Å². The molecule has 0 unspecified atom stereocenters. The summed E-state index contributed by atoms with van der Waals surface area (Å²) in [5.74, 6) is -15.5. The minimum Gasteiger partial charge on any atom is -0.504 e. The van der Waals surface area contributed by atoms with Crippen LogP contribution in [0.3, 0.4) is 0 Å². The molecule has 3 aromatic carbocycles. The first-order valence-electron chi connectivity index (χ1n) is 20.8. The number of hydrogen-bond acceptors (Lipinski definition) is 25. The quantitative estimate of drug-likeness (QED) is 0.0416. The van der Waals surface area contributed by atoms with Gasteiger partial charge in [-0.2, -0.15) is 0 Å². The Balaban J connectivity index is 1.39. The second kappa shape index (κ2) is 23.2. The van der Waals surface area contributed by atoms with Gasteiger partial charge in [-0.05, 0) is 47.5 Å². The Morgan fingerprint density at radius 2 is 0.901 bits per heavy atom. The molecule has 13 atom stereocenters. The van der Waals surface area contributed by atoms with Crippen molar-refractivity contribution in [1.82, 2.24) is 16.0 Å². The van der Waals surface area contributed by atoms with E-state index in [0.717, 1.165) is 42.5 Å². The normalized spacial score (nSPS) is 25.4. The third kappa shape index (κ3) is 12.1. The first kappa shape index (κ1) is 54.8. The van der Waals surface area contributed by atoms with Gasteiger partial charge >= 0.3 is 17.9 Å². The van der Waals surface area contributed by atoms with E-state index in [-0.39, 0.29) is 11.1 Å². The SMILES string of the molecule is O=C(N[C@@H](COC(=O)[C@H](COC(=O)[C@H](CO)NC(=O)c1cc([C@@H]2O[C@H](CO)[C@@H](O)[C@H](O)[C@H]2O)cc(O)c1O)NC(=O)c1cc([C@@H]2O[C@H](CO)[C@@H](O)[C@H](O)[C@H]2O)cc(O)c1O)C(=O)O)c1cccc(O)c1O. The maximum Gasteiger partial charge on any atom is 0.332 e. The highest BCUT2D eigenvalue weighted by Crippen LogP contribution is 2.40. The van der Waals surface area contributed by atoms with Crippen molar-refractivity contribution in [2.24, 2.45) is 0 Å². The molecule has 2 fully saturated rings. The Hall–Kier alpha value is -7.16. The fourth-order valence-corrected chi connectivity index (χ4v) is 7.19. The number of amides is 3. The summed E-state index contributed by atoms with van der Waals surface area (Å²) in [7, 11) is 0. The molecule has 2 aliphatic rings. The van der Waals surface area contributed by atoms with E-state index in [4.69, 9.17) is 18.9 Å². The second-order valence-corrected chi connectivity index (χ2v) is 15.9. The van der Waals surface area contributed by atoms with Crippen molar-refractivity contribution in [2.75, 3.05) is 33.0 Å². The lowest BCUT2D eigenvalue weighted by Crippen LogP contribution is -2.55. The standard InChI is InChI=1S/C42H49N3O26/c46-8-18(43-38(62)16-4-13(6-22(50)27(16)53)35-33(59)31(57)29(55)24(9-47)70-35)41(66)69-12-20(42(67)68-11-19(40(64)65)44-37(61)15-2-1-3-21(49)26(15)52)45-39(63)17-5-14(7-23(51)28(17)54)36-34(60)32(58)30(56)25(10-48)71-36/h1-7,18-20,24-25,29-36,46-60H,8-12H2,(H,43,62)(H,44,61)(H,45,63)(H,64,65)/t18-,19-,20-,24+,25+,29+,30+,31-,32-,33+,34+,35-,36-/m0/s1. The Kier molecular flexibility index (Phi) is 17.9. The molecular weight excluding hydrogens is 962 g/mol. The van der Waals surface area contributed by atoms with E-state index in [1.807, 2.05) is 16.0 Å². The summed E-state index contributed by atoms with van der Waals surface area (Å²) >= 11 is 0. The third-order valence-electron chi connectivity index (χ3n) is 11.2. The van der Waals surface area contributed by atoms with Crippen LogP contribution in [0.25, 0.3) is 0 Å². The summed E-state index contributed by atoms with van der Waals surface area (Å²) in [5, 5.41) is 169. The summed E-state index contributed by atoms with van der Waals surface area (Å²) in [5.41, 5.74) is -3.09.